The van der Waals surface area contributed by atoms with Crippen LogP contribution in [0, 0.1) is 5.82 Å². The number of hydrogen-bond acceptors (Lipinski definition) is 5. The lowest BCUT2D eigenvalue weighted by atomic mass is 10.1. The molecule has 166 valence electrons. The van der Waals surface area contributed by atoms with Gasteiger partial charge in [-0.05, 0) is 52.9 Å². The Morgan fingerprint density at radius 2 is 1.87 bits per heavy atom. The van der Waals surface area contributed by atoms with Gasteiger partial charge in [0.25, 0.3) is 0 Å². The van der Waals surface area contributed by atoms with E-state index in [0.717, 1.165) is 31.9 Å². The van der Waals surface area contributed by atoms with E-state index in [0.29, 0.717) is 12.1 Å². The van der Waals surface area contributed by atoms with Gasteiger partial charge in [-0.1, -0.05) is 24.6 Å². The molecule has 2 heterocycles. The molecule has 0 N–H and O–H groups in total. The predicted molar refractivity (Wildman–Crippen MR) is 117 cm³/mol. The molecule has 1 saturated heterocycles. The zero-order chi connectivity index (χ0) is 21.7. The number of rotatable bonds is 9. The summed E-state index contributed by atoms with van der Waals surface area (Å²) in [5.41, 5.74) is 1.23. The summed E-state index contributed by atoms with van der Waals surface area (Å²) >= 11 is 0. The fourth-order valence-electron chi connectivity index (χ4n) is 3.77. The van der Waals surface area contributed by atoms with Crippen molar-refractivity contribution in [1.29, 1.82) is 0 Å². The van der Waals surface area contributed by atoms with Gasteiger partial charge < -0.3 is 9.47 Å². The second-order valence-electron chi connectivity index (χ2n) is 8.44. The number of likely N-dealkylation sites (tertiary alicyclic amines) is 1. The van der Waals surface area contributed by atoms with E-state index in [2.05, 4.69) is 14.8 Å². The molecule has 0 unspecified atom stereocenters. The average Bonchev–Trinajstić information content (AvgIpc) is 3.11. The number of likely N-dealkylation sites (N-methyl/N-ethyl adjacent to an activating group) is 1. The summed E-state index contributed by atoms with van der Waals surface area (Å²) in [6.07, 6.45) is 5.45. The Labute approximate surface area is 179 Å². The first-order valence-corrected chi connectivity index (χ1v) is 12.3. The molecule has 0 amide bonds. The van der Waals surface area contributed by atoms with Crippen LogP contribution in [0.4, 0.5) is 4.39 Å². The van der Waals surface area contributed by atoms with Crippen molar-refractivity contribution >= 4 is 9.84 Å². The highest BCUT2D eigenvalue weighted by Crippen LogP contribution is 2.21. The normalized spacial score (nSPS) is 15.9. The van der Waals surface area contributed by atoms with E-state index in [1.165, 1.54) is 25.3 Å². The third-order valence-electron chi connectivity index (χ3n) is 5.74. The van der Waals surface area contributed by atoms with E-state index in [1.807, 2.05) is 7.05 Å². The summed E-state index contributed by atoms with van der Waals surface area (Å²) in [5.74, 6) is -0.344. The van der Waals surface area contributed by atoms with E-state index in [4.69, 9.17) is 0 Å². The van der Waals surface area contributed by atoms with Crippen LogP contribution in [-0.4, -0.2) is 66.2 Å². The Morgan fingerprint density at radius 1 is 1.17 bits per heavy atom. The molecular weight excluding hydrogens is 403 g/mol. The molecule has 1 aliphatic rings. The van der Waals surface area contributed by atoms with E-state index < -0.39 is 15.1 Å². The van der Waals surface area contributed by atoms with Gasteiger partial charge in [-0.25, -0.2) is 17.8 Å². The van der Waals surface area contributed by atoms with Crippen LogP contribution >= 0.6 is 0 Å². The minimum atomic E-state index is -3.58. The second-order valence-corrected chi connectivity index (χ2v) is 10.8. The molecule has 1 fully saturated rings. The van der Waals surface area contributed by atoms with Crippen molar-refractivity contribution in [3.63, 3.8) is 0 Å². The number of sulfone groups is 1. The standard InChI is InChI=1S/C22H33FN4O2S/c1-18(2)30(28,29)22-24-15-20(27(22)16-19-9-5-6-10-21(19)23)17-25(3)13-14-26-11-7-4-8-12-26/h5-6,9-10,15,18H,4,7-8,11-14,16-17H2,1-3H3. The van der Waals surface area contributed by atoms with Gasteiger partial charge in [0.1, 0.15) is 5.82 Å². The molecule has 30 heavy (non-hydrogen) atoms. The second kappa shape index (κ2) is 10.0. The number of hydrogen-bond donors (Lipinski definition) is 0. The topological polar surface area (TPSA) is 58.4 Å². The maximum atomic E-state index is 14.3. The van der Waals surface area contributed by atoms with Crippen molar-refractivity contribution in [2.75, 3.05) is 33.2 Å². The minimum absolute atomic E-state index is 0.0141. The van der Waals surface area contributed by atoms with Crippen LogP contribution in [0.1, 0.15) is 44.4 Å². The smallest absolute Gasteiger partial charge is 0.228 e. The number of imidazole rings is 1. The van der Waals surface area contributed by atoms with Crippen LogP contribution in [-0.2, 0) is 22.9 Å². The summed E-state index contributed by atoms with van der Waals surface area (Å²) in [5, 5.41) is -0.580. The lowest BCUT2D eigenvalue weighted by Gasteiger charge is -2.28. The highest BCUT2D eigenvalue weighted by atomic mass is 32.2. The predicted octanol–water partition coefficient (Wildman–Crippen LogP) is 3.17. The van der Waals surface area contributed by atoms with Crippen LogP contribution in [0.5, 0.6) is 0 Å². The van der Waals surface area contributed by atoms with E-state index >= 15 is 0 Å². The molecule has 0 radical (unpaired) electrons. The Balaban J connectivity index is 1.81. The molecule has 0 atom stereocenters. The lowest BCUT2D eigenvalue weighted by molar-refractivity contribution is 0.192. The fourth-order valence-corrected chi connectivity index (χ4v) is 4.88. The van der Waals surface area contributed by atoms with Crippen molar-refractivity contribution < 1.29 is 12.8 Å². The van der Waals surface area contributed by atoms with Gasteiger partial charge in [-0.2, -0.15) is 0 Å². The highest BCUT2D eigenvalue weighted by molar-refractivity contribution is 7.91. The molecule has 0 aliphatic carbocycles. The molecule has 3 rings (SSSR count). The molecular formula is C22H33FN4O2S. The van der Waals surface area contributed by atoms with Gasteiger partial charge in [0.2, 0.25) is 15.0 Å². The molecule has 0 spiro atoms. The van der Waals surface area contributed by atoms with Gasteiger partial charge in [0.05, 0.1) is 23.7 Å². The first-order chi connectivity index (χ1) is 14.3. The summed E-state index contributed by atoms with van der Waals surface area (Å²) in [7, 11) is -1.55. The van der Waals surface area contributed by atoms with Gasteiger partial charge in [-0.3, -0.25) is 4.90 Å². The van der Waals surface area contributed by atoms with Gasteiger partial charge >= 0.3 is 0 Å². The van der Waals surface area contributed by atoms with Crippen LogP contribution in [0.3, 0.4) is 0 Å². The summed E-state index contributed by atoms with van der Waals surface area (Å²) < 4.78 is 41.7. The fraction of sp³-hybridized carbons (Fsp3) is 0.591. The molecule has 0 saturated carbocycles. The molecule has 6 nitrogen and oxygen atoms in total. The Morgan fingerprint density at radius 3 is 2.53 bits per heavy atom. The number of benzene rings is 1. The largest absolute Gasteiger partial charge is 0.313 e. The van der Waals surface area contributed by atoms with Gasteiger partial charge in [-0.15, -0.1) is 0 Å². The van der Waals surface area contributed by atoms with Crippen molar-refractivity contribution in [2.24, 2.45) is 0 Å². The van der Waals surface area contributed by atoms with Gasteiger partial charge in [0, 0.05) is 25.2 Å². The van der Waals surface area contributed by atoms with Crippen molar-refractivity contribution in [2.45, 2.75) is 56.6 Å². The number of aromatic nitrogens is 2. The quantitative estimate of drug-likeness (QED) is 0.604. The van der Waals surface area contributed by atoms with Crippen LogP contribution < -0.4 is 0 Å². The Bertz CT molecular complexity index is 936. The van der Waals surface area contributed by atoms with Crippen molar-refractivity contribution in [3.05, 3.63) is 47.5 Å². The molecule has 8 heteroatoms. The number of nitrogens with zero attached hydrogens (tertiary/aromatic N) is 4. The third-order valence-corrected chi connectivity index (χ3v) is 7.82. The molecule has 1 aromatic carbocycles. The van der Waals surface area contributed by atoms with E-state index in [-0.39, 0.29) is 17.5 Å². The number of halogens is 1. The lowest BCUT2D eigenvalue weighted by Crippen LogP contribution is -2.36. The van der Waals surface area contributed by atoms with Crippen molar-refractivity contribution in [3.8, 4) is 0 Å². The zero-order valence-corrected chi connectivity index (χ0v) is 19.0. The van der Waals surface area contributed by atoms with Gasteiger partial charge in [0.15, 0.2) is 0 Å². The summed E-state index contributed by atoms with van der Waals surface area (Å²) in [6.45, 7) is 8.16. The van der Waals surface area contributed by atoms with E-state index in [1.54, 1.807) is 42.8 Å². The Hall–Kier alpha value is -1.77. The maximum absolute atomic E-state index is 14.3. The van der Waals surface area contributed by atoms with E-state index in [9.17, 15) is 12.8 Å². The van der Waals surface area contributed by atoms with Crippen LogP contribution in [0.15, 0.2) is 35.6 Å². The SMILES string of the molecule is CC(C)S(=O)(=O)c1ncc(CN(C)CCN2CCCCC2)n1Cc1ccccc1F. The average molecular weight is 437 g/mol. The number of piperidine rings is 1. The van der Waals surface area contributed by atoms with Crippen LogP contribution in [0.25, 0.3) is 0 Å². The third kappa shape index (κ3) is 5.47. The van der Waals surface area contributed by atoms with Crippen LogP contribution in [0.2, 0.25) is 0 Å². The van der Waals surface area contributed by atoms with Crippen molar-refractivity contribution in [1.82, 2.24) is 19.4 Å². The first kappa shape index (κ1) is 22.9. The molecule has 1 aliphatic heterocycles. The first-order valence-electron chi connectivity index (χ1n) is 10.7. The molecule has 1 aromatic heterocycles. The minimum Gasteiger partial charge on any atom is -0.313 e. The molecule has 2 aromatic rings. The monoisotopic (exact) mass is 436 g/mol. The summed E-state index contributed by atoms with van der Waals surface area (Å²) in [4.78, 5) is 8.91. The molecule has 0 bridgehead atoms. The summed E-state index contributed by atoms with van der Waals surface area (Å²) in [6, 6.07) is 6.47. The maximum Gasteiger partial charge on any atom is 0.228 e. The zero-order valence-electron chi connectivity index (χ0n) is 18.2. The Kier molecular flexibility index (Phi) is 7.65. The highest BCUT2D eigenvalue weighted by Gasteiger charge is 2.27.